The number of nitrogens with one attached hydrogen (secondary N) is 2. The van der Waals surface area contributed by atoms with Crippen LogP contribution in [0.1, 0.15) is 28.5 Å². The van der Waals surface area contributed by atoms with Gasteiger partial charge in [-0.2, -0.15) is 0 Å². The zero-order valence-corrected chi connectivity index (χ0v) is 20.3. The van der Waals surface area contributed by atoms with Crippen LogP contribution in [0.3, 0.4) is 0 Å². The molecule has 2 heterocycles. The molecule has 3 aromatic rings. The second-order valence-corrected chi connectivity index (χ2v) is 9.07. The summed E-state index contributed by atoms with van der Waals surface area (Å²) in [5.41, 5.74) is 3.75. The molecule has 2 aromatic carbocycles. The van der Waals surface area contributed by atoms with Crippen molar-refractivity contribution in [2.75, 3.05) is 27.2 Å². The lowest BCUT2D eigenvalue weighted by atomic mass is 9.95. The van der Waals surface area contributed by atoms with Crippen molar-refractivity contribution in [1.29, 1.82) is 0 Å². The highest BCUT2D eigenvalue weighted by Gasteiger charge is 2.33. The number of amides is 2. The average molecular weight is 517 g/mol. The van der Waals surface area contributed by atoms with Crippen LogP contribution in [-0.2, 0) is 6.54 Å². The first kappa shape index (κ1) is 26.1. The van der Waals surface area contributed by atoms with E-state index in [1.165, 1.54) is 18.2 Å². The summed E-state index contributed by atoms with van der Waals surface area (Å²) in [5, 5.41) is 14.1. The summed E-state index contributed by atoms with van der Waals surface area (Å²) in [6, 6.07) is 13.0. The zero-order chi connectivity index (χ0) is 26.7. The van der Waals surface area contributed by atoms with Crippen molar-refractivity contribution in [2.45, 2.75) is 25.4 Å². The number of ether oxygens (including phenoxy) is 1. The number of nitrogens with zero attached hydrogens (tertiary/aromatic N) is 2. The molecule has 0 aliphatic carbocycles. The van der Waals surface area contributed by atoms with Crippen molar-refractivity contribution in [3.8, 4) is 28.0 Å². The first-order valence-corrected chi connectivity index (χ1v) is 11.6. The summed E-state index contributed by atoms with van der Waals surface area (Å²) in [6.45, 7) is 1.18. The van der Waals surface area contributed by atoms with E-state index in [1.807, 2.05) is 43.3 Å². The molecule has 2 amide bonds. The number of rotatable bonds is 8. The van der Waals surface area contributed by atoms with Crippen LogP contribution in [0.2, 0.25) is 0 Å². The van der Waals surface area contributed by atoms with Crippen molar-refractivity contribution in [1.82, 2.24) is 20.1 Å². The number of alkyl halides is 3. The SMILES string of the molecule is CN(C)Cc1ccc(-c2c(-c3cccc(OC(F)(F)F)c3)cn3c2C(=O)NC[C@@H]3CCNC(=O)O)cc1. The molecule has 1 aromatic heterocycles. The zero-order valence-electron chi connectivity index (χ0n) is 20.3. The van der Waals surface area contributed by atoms with Crippen molar-refractivity contribution >= 4 is 12.0 Å². The van der Waals surface area contributed by atoms with Crippen LogP contribution in [0.25, 0.3) is 22.3 Å². The molecule has 0 saturated carbocycles. The molecule has 0 saturated heterocycles. The monoisotopic (exact) mass is 516 g/mol. The second-order valence-electron chi connectivity index (χ2n) is 9.07. The molecule has 0 spiro atoms. The summed E-state index contributed by atoms with van der Waals surface area (Å²) in [5.74, 6) is -0.683. The number of carboxylic acid groups (broad SMARTS) is 1. The van der Waals surface area contributed by atoms with Gasteiger partial charge in [0.2, 0.25) is 0 Å². The van der Waals surface area contributed by atoms with E-state index in [4.69, 9.17) is 5.11 Å². The third-order valence-electron chi connectivity index (χ3n) is 6.01. The van der Waals surface area contributed by atoms with Gasteiger partial charge in [0, 0.05) is 37.0 Å². The number of carbonyl (C=O) groups is 2. The van der Waals surface area contributed by atoms with E-state index in [0.29, 0.717) is 35.3 Å². The van der Waals surface area contributed by atoms with E-state index in [9.17, 15) is 22.8 Å². The Morgan fingerprint density at radius 1 is 1.19 bits per heavy atom. The van der Waals surface area contributed by atoms with Crippen LogP contribution in [0, 0.1) is 0 Å². The lowest BCUT2D eigenvalue weighted by Gasteiger charge is -2.27. The molecule has 1 aliphatic rings. The number of hydrogen-bond acceptors (Lipinski definition) is 4. The standard InChI is InChI=1S/C26H27F3N4O4/c1-32(2)14-16-6-8-17(9-7-16)22-21(18-4-3-5-20(12-18)37-26(27,28)29)15-33-19(10-11-30-25(35)36)13-31-24(34)23(22)33/h3-9,12,15,19,30H,10-11,13-14H2,1-2H3,(H,31,34)(H,35,36)/t19-/m0/s1. The predicted octanol–water partition coefficient (Wildman–Crippen LogP) is 4.72. The van der Waals surface area contributed by atoms with Crippen LogP contribution in [0.15, 0.2) is 54.7 Å². The van der Waals surface area contributed by atoms with Crippen molar-refractivity contribution < 1.29 is 32.6 Å². The van der Waals surface area contributed by atoms with Gasteiger partial charge in [0.1, 0.15) is 11.4 Å². The fourth-order valence-corrected chi connectivity index (χ4v) is 4.54. The lowest BCUT2D eigenvalue weighted by molar-refractivity contribution is -0.274. The minimum Gasteiger partial charge on any atom is -0.465 e. The van der Waals surface area contributed by atoms with E-state index in [2.05, 4.69) is 15.4 Å². The van der Waals surface area contributed by atoms with Gasteiger partial charge in [-0.3, -0.25) is 4.79 Å². The quantitative estimate of drug-likeness (QED) is 0.403. The molecular formula is C26H27F3N4O4. The Kier molecular flexibility index (Phi) is 7.44. The summed E-state index contributed by atoms with van der Waals surface area (Å²) in [4.78, 5) is 26.0. The summed E-state index contributed by atoms with van der Waals surface area (Å²) < 4.78 is 44.6. The van der Waals surface area contributed by atoms with Gasteiger partial charge in [0.25, 0.3) is 5.91 Å². The summed E-state index contributed by atoms with van der Waals surface area (Å²) in [7, 11) is 3.91. The Morgan fingerprint density at radius 2 is 1.92 bits per heavy atom. The van der Waals surface area contributed by atoms with Crippen molar-refractivity contribution in [2.24, 2.45) is 0 Å². The average Bonchev–Trinajstić information content (AvgIpc) is 3.21. The van der Waals surface area contributed by atoms with E-state index in [1.54, 1.807) is 16.8 Å². The Morgan fingerprint density at radius 3 is 2.57 bits per heavy atom. The third kappa shape index (κ3) is 6.23. The maximum atomic E-state index is 13.1. The number of benzene rings is 2. The highest BCUT2D eigenvalue weighted by Crippen LogP contribution is 2.41. The van der Waals surface area contributed by atoms with Gasteiger partial charge in [-0.1, -0.05) is 36.4 Å². The van der Waals surface area contributed by atoms with Crippen LogP contribution in [0.4, 0.5) is 18.0 Å². The molecule has 1 atom stereocenters. The summed E-state index contributed by atoms with van der Waals surface area (Å²) >= 11 is 0. The minimum absolute atomic E-state index is 0.173. The molecule has 1 aliphatic heterocycles. The normalized spacial score (nSPS) is 15.3. The molecule has 4 rings (SSSR count). The first-order chi connectivity index (χ1) is 17.5. The molecule has 37 heavy (non-hydrogen) atoms. The fraction of sp³-hybridized carbons (Fsp3) is 0.308. The lowest BCUT2D eigenvalue weighted by Crippen LogP contribution is -2.40. The Bertz CT molecular complexity index is 1290. The molecule has 0 radical (unpaired) electrons. The highest BCUT2D eigenvalue weighted by molar-refractivity contribution is 6.04. The fourth-order valence-electron chi connectivity index (χ4n) is 4.54. The van der Waals surface area contributed by atoms with E-state index >= 15 is 0 Å². The molecule has 0 unspecified atom stereocenters. The largest absolute Gasteiger partial charge is 0.573 e. The third-order valence-corrected chi connectivity index (χ3v) is 6.01. The Balaban J connectivity index is 1.83. The number of hydrogen-bond donors (Lipinski definition) is 3. The van der Waals surface area contributed by atoms with Gasteiger partial charge < -0.3 is 29.9 Å². The first-order valence-electron chi connectivity index (χ1n) is 11.6. The van der Waals surface area contributed by atoms with Crippen LogP contribution in [0.5, 0.6) is 5.75 Å². The Labute approximate surface area is 211 Å². The van der Waals surface area contributed by atoms with Crippen LogP contribution >= 0.6 is 0 Å². The van der Waals surface area contributed by atoms with E-state index in [0.717, 1.165) is 17.7 Å². The minimum atomic E-state index is -4.84. The number of fused-ring (bicyclic) bond motifs is 1. The van der Waals surface area contributed by atoms with Gasteiger partial charge >= 0.3 is 12.5 Å². The molecule has 8 nitrogen and oxygen atoms in total. The molecule has 0 fully saturated rings. The van der Waals surface area contributed by atoms with Gasteiger partial charge in [-0.05, 0) is 49.3 Å². The van der Waals surface area contributed by atoms with E-state index in [-0.39, 0.29) is 24.2 Å². The van der Waals surface area contributed by atoms with E-state index < -0.39 is 12.5 Å². The van der Waals surface area contributed by atoms with Gasteiger partial charge in [-0.25, -0.2) is 4.79 Å². The molecule has 196 valence electrons. The van der Waals surface area contributed by atoms with Gasteiger partial charge in [0.05, 0.1) is 6.04 Å². The molecular weight excluding hydrogens is 489 g/mol. The smallest absolute Gasteiger partial charge is 0.465 e. The number of halogens is 3. The number of carbonyl (C=O) groups excluding carboxylic acids is 1. The van der Waals surface area contributed by atoms with Gasteiger partial charge in [0.15, 0.2) is 0 Å². The predicted molar refractivity (Wildman–Crippen MR) is 131 cm³/mol. The van der Waals surface area contributed by atoms with Gasteiger partial charge in [-0.15, -0.1) is 13.2 Å². The highest BCUT2D eigenvalue weighted by atomic mass is 19.4. The maximum absolute atomic E-state index is 13.1. The molecule has 0 bridgehead atoms. The molecule has 11 heteroatoms. The second kappa shape index (κ2) is 10.6. The van der Waals surface area contributed by atoms with Crippen LogP contribution in [-0.4, -0.2) is 60.1 Å². The van der Waals surface area contributed by atoms with Crippen molar-refractivity contribution in [3.63, 3.8) is 0 Å². The van der Waals surface area contributed by atoms with Crippen molar-refractivity contribution in [3.05, 3.63) is 66.0 Å². The maximum Gasteiger partial charge on any atom is 0.573 e. The molecule has 3 N–H and O–H groups in total. The topological polar surface area (TPSA) is 95.8 Å². The summed E-state index contributed by atoms with van der Waals surface area (Å²) in [6.07, 6.45) is -3.83. The Hall–Kier alpha value is -3.99. The number of aromatic nitrogens is 1. The van der Waals surface area contributed by atoms with Crippen LogP contribution < -0.4 is 15.4 Å².